The number of hydrogen-bond donors (Lipinski definition) is 1. The van der Waals surface area contributed by atoms with Crippen LogP contribution in [0.4, 0.5) is 10.8 Å². The predicted molar refractivity (Wildman–Crippen MR) is 113 cm³/mol. The van der Waals surface area contributed by atoms with Crippen molar-refractivity contribution < 1.29 is 9.59 Å². The molecule has 1 aliphatic carbocycles. The molecular weight excluding hydrogens is 384 g/mol. The van der Waals surface area contributed by atoms with Crippen LogP contribution < -0.4 is 10.2 Å². The smallest absolute Gasteiger partial charge is 0.257 e. The molecule has 7 heteroatoms. The van der Waals surface area contributed by atoms with Crippen molar-refractivity contribution >= 4 is 34.0 Å². The van der Waals surface area contributed by atoms with Crippen LogP contribution in [0.5, 0.6) is 0 Å². The molecule has 1 aliphatic heterocycles. The molecule has 0 atom stereocenters. The van der Waals surface area contributed by atoms with Gasteiger partial charge in [-0.1, -0.05) is 6.07 Å². The van der Waals surface area contributed by atoms with Crippen molar-refractivity contribution in [2.24, 2.45) is 5.92 Å². The van der Waals surface area contributed by atoms with Crippen LogP contribution in [0.25, 0.3) is 11.3 Å². The van der Waals surface area contributed by atoms with Gasteiger partial charge < -0.3 is 4.90 Å². The molecule has 0 spiro atoms. The van der Waals surface area contributed by atoms with Gasteiger partial charge in [0.05, 0.1) is 5.69 Å². The van der Waals surface area contributed by atoms with Gasteiger partial charge >= 0.3 is 0 Å². The second-order valence-corrected chi connectivity index (χ2v) is 8.67. The Hall–Kier alpha value is -3.06. The largest absolute Gasteiger partial charge is 0.312 e. The molecule has 1 aromatic carbocycles. The van der Waals surface area contributed by atoms with Gasteiger partial charge in [0.2, 0.25) is 5.91 Å². The number of anilines is 2. The molecule has 3 aromatic rings. The summed E-state index contributed by atoms with van der Waals surface area (Å²) in [5, 5.41) is 3.45. The lowest BCUT2D eigenvalue weighted by Crippen LogP contribution is -2.30. The van der Waals surface area contributed by atoms with Gasteiger partial charge in [-0.15, -0.1) is 11.3 Å². The fourth-order valence-electron chi connectivity index (χ4n) is 3.72. The number of carbonyl (C=O) groups is 2. The fourth-order valence-corrected chi connectivity index (χ4v) is 4.55. The maximum Gasteiger partial charge on any atom is 0.257 e. The Labute approximate surface area is 172 Å². The molecule has 0 unspecified atom stereocenters. The minimum Gasteiger partial charge on any atom is -0.312 e. The van der Waals surface area contributed by atoms with Gasteiger partial charge in [0.15, 0.2) is 5.13 Å². The Bertz CT molecular complexity index is 1110. The van der Waals surface area contributed by atoms with E-state index >= 15 is 0 Å². The first-order chi connectivity index (χ1) is 14.1. The lowest BCUT2D eigenvalue weighted by molar-refractivity contribution is -0.119. The van der Waals surface area contributed by atoms with Crippen molar-refractivity contribution in [1.29, 1.82) is 0 Å². The molecule has 1 fully saturated rings. The summed E-state index contributed by atoms with van der Waals surface area (Å²) in [6.07, 6.45) is 6.10. The third-order valence-corrected chi connectivity index (χ3v) is 6.29. The Morgan fingerprint density at radius 2 is 1.97 bits per heavy atom. The number of aryl methyl sites for hydroxylation is 1. The summed E-state index contributed by atoms with van der Waals surface area (Å²) in [5.41, 5.74) is 4.65. The molecule has 0 saturated heterocycles. The number of amides is 2. The second-order valence-electron chi connectivity index (χ2n) is 7.47. The summed E-state index contributed by atoms with van der Waals surface area (Å²) in [5.74, 6) is 0.298. The lowest BCUT2D eigenvalue weighted by Gasteiger charge is -2.17. The fraction of sp³-hybridized carbons (Fsp3) is 0.273. The maximum absolute atomic E-state index is 12.5. The number of thiazole rings is 1. The van der Waals surface area contributed by atoms with Gasteiger partial charge in [0.1, 0.15) is 0 Å². The monoisotopic (exact) mass is 404 g/mol. The van der Waals surface area contributed by atoms with E-state index in [4.69, 9.17) is 0 Å². The van der Waals surface area contributed by atoms with Crippen LogP contribution >= 0.6 is 11.3 Å². The van der Waals surface area contributed by atoms with Crippen LogP contribution in [0.2, 0.25) is 0 Å². The minimum atomic E-state index is -0.198. The van der Waals surface area contributed by atoms with Crippen molar-refractivity contribution in [2.45, 2.75) is 26.2 Å². The Kier molecular flexibility index (Phi) is 4.39. The van der Waals surface area contributed by atoms with Crippen molar-refractivity contribution in [2.75, 3.05) is 16.8 Å². The highest BCUT2D eigenvalue weighted by Crippen LogP contribution is 2.39. The van der Waals surface area contributed by atoms with E-state index < -0.39 is 0 Å². The molecule has 0 radical (unpaired) electrons. The predicted octanol–water partition coefficient (Wildman–Crippen LogP) is 4.06. The SMILES string of the molecule is Cc1sc(NC(=O)c2ccncc2)nc1-c1ccc2c(c1)CCN2C(=O)C1CC1. The highest BCUT2D eigenvalue weighted by molar-refractivity contribution is 7.16. The molecule has 29 heavy (non-hydrogen) atoms. The Morgan fingerprint density at radius 3 is 2.72 bits per heavy atom. The zero-order valence-electron chi connectivity index (χ0n) is 16.0. The molecule has 2 aliphatic rings. The van der Waals surface area contributed by atoms with E-state index in [9.17, 15) is 9.59 Å². The highest BCUT2D eigenvalue weighted by Gasteiger charge is 2.36. The van der Waals surface area contributed by atoms with Gasteiger partial charge in [-0.2, -0.15) is 0 Å². The summed E-state index contributed by atoms with van der Waals surface area (Å²) in [6.45, 7) is 2.77. The minimum absolute atomic E-state index is 0.198. The highest BCUT2D eigenvalue weighted by atomic mass is 32.1. The maximum atomic E-state index is 12.5. The Balaban J connectivity index is 1.38. The molecule has 1 saturated carbocycles. The number of nitrogens with zero attached hydrogens (tertiary/aromatic N) is 3. The first kappa shape index (κ1) is 18.0. The molecule has 2 amide bonds. The quantitative estimate of drug-likeness (QED) is 0.711. The average Bonchev–Trinajstić information content (AvgIpc) is 3.41. The van der Waals surface area contributed by atoms with Crippen LogP contribution in [0.15, 0.2) is 42.7 Å². The number of fused-ring (bicyclic) bond motifs is 1. The summed E-state index contributed by atoms with van der Waals surface area (Å²) in [7, 11) is 0. The molecular formula is C22H20N4O2S. The van der Waals surface area contributed by atoms with Gasteiger partial charge in [-0.3, -0.25) is 19.9 Å². The summed E-state index contributed by atoms with van der Waals surface area (Å²) in [4.78, 5) is 36.4. The molecule has 5 rings (SSSR count). The molecule has 146 valence electrons. The summed E-state index contributed by atoms with van der Waals surface area (Å²) < 4.78 is 0. The van der Waals surface area contributed by atoms with Crippen LogP contribution in [0.1, 0.15) is 33.6 Å². The Morgan fingerprint density at radius 1 is 1.17 bits per heavy atom. The number of hydrogen-bond acceptors (Lipinski definition) is 5. The number of carbonyl (C=O) groups excluding carboxylic acids is 2. The van der Waals surface area contributed by atoms with Crippen LogP contribution in [0, 0.1) is 12.8 Å². The molecule has 1 N–H and O–H groups in total. The average molecular weight is 404 g/mol. The van der Waals surface area contributed by atoms with Crippen LogP contribution in [-0.2, 0) is 11.2 Å². The van der Waals surface area contributed by atoms with Gasteiger partial charge in [-0.05, 0) is 56.0 Å². The van der Waals surface area contributed by atoms with Gasteiger partial charge in [0, 0.05) is 46.5 Å². The van der Waals surface area contributed by atoms with Crippen molar-refractivity contribution in [3.63, 3.8) is 0 Å². The zero-order chi connectivity index (χ0) is 20.0. The number of nitrogens with one attached hydrogen (secondary N) is 1. The van der Waals surface area contributed by atoms with E-state index in [2.05, 4.69) is 21.4 Å². The lowest BCUT2D eigenvalue weighted by atomic mass is 10.1. The normalized spacial score (nSPS) is 15.3. The molecule has 0 bridgehead atoms. The van der Waals surface area contributed by atoms with Crippen molar-refractivity contribution in [3.05, 3.63) is 58.7 Å². The van der Waals surface area contributed by atoms with Crippen LogP contribution in [0.3, 0.4) is 0 Å². The zero-order valence-corrected chi connectivity index (χ0v) is 16.8. The topological polar surface area (TPSA) is 75.2 Å². The number of benzene rings is 1. The van der Waals surface area contributed by atoms with Crippen LogP contribution in [-0.4, -0.2) is 28.3 Å². The van der Waals surface area contributed by atoms with E-state index in [1.807, 2.05) is 24.0 Å². The standard InChI is InChI=1S/C22H20N4O2S/c1-13-19(24-22(29-13)25-20(27)14-6-9-23-10-7-14)17-4-5-18-16(12-17)8-11-26(18)21(28)15-2-3-15/h4-7,9-10,12,15H,2-3,8,11H2,1H3,(H,24,25,27). The van der Waals surface area contributed by atoms with Gasteiger partial charge in [0.25, 0.3) is 5.91 Å². The third-order valence-electron chi connectivity index (χ3n) is 5.40. The first-order valence-electron chi connectivity index (χ1n) is 9.73. The number of rotatable bonds is 4. The summed E-state index contributed by atoms with van der Waals surface area (Å²) >= 11 is 1.46. The third kappa shape index (κ3) is 3.42. The molecule has 6 nitrogen and oxygen atoms in total. The van der Waals surface area contributed by atoms with E-state index in [0.717, 1.165) is 47.6 Å². The van der Waals surface area contributed by atoms with E-state index in [0.29, 0.717) is 10.7 Å². The molecule has 2 aromatic heterocycles. The molecule has 3 heterocycles. The second kappa shape index (κ2) is 7.08. The summed E-state index contributed by atoms with van der Waals surface area (Å²) in [6, 6.07) is 9.53. The number of pyridine rings is 1. The van der Waals surface area contributed by atoms with Crippen molar-refractivity contribution in [1.82, 2.24) is 9.97 Å². The first-order valence-corrected chi connectivity index (χ1v) is 10.6. The van der Waals surface area contributed by atoms with E-state index in [1.165, 1.54) is 16.9 Å². The van der Waals surface area contributed by atoms with E-state index in [1.54, 1.807) is 24.5 Å². The number of aromatic nitrogens is 2. The van der Waals surface area contributed by atoms with E-state index in [-0.39, 0.29) is 17.7 Å². The van der Waals surface area contributed by atoms with Crippen molar-refractivity contribution in [3.8, 4) is 11.3 Å². The van der Waals surface area contributed by atoms with Gasteiger partial charge in [-0.25, -0.2) is 4.98 Å².